The van der Waals surface area contributed by atoms with E-state index in [1.807, 2.05) is 23.1 Å². The van der Waals surface area contributed by atoms with Gasteiger partial charge >= 0.3 is 6.03 Å². The lowest BCUT2D eigenvalue weighted by Gasteiger charge is -2.25. The van der Waals surface area contributed by atoms with Gasteiger partial charge in [-0.15, -0.1) is 5.10 Å². The topological polar surface area (TPSA) is 92.2 Å². The summed E-state index contributed by atoms with van der Waals surface area (Å²) in [7, 11) is 0. The minimum absolute atomic E-state index is 0.0341. The van der Waals surface area contributed by atoms with Crippen LogP contribution in [0.5, 0.6) is 0 Å². The molecule has 4 rings (SSSR count). The molecular weight excluding hydrogens is 380 g/mol. The first-order valence-electron chi connectivity index (χ1n) is 11.0. The molecule has 1 saturated carbocycles. The minimum atomic E-state index is -0.162. The van der Waals surface area contributed by atoms with Crippen LogP contribution < -0.4 is 10.6 Å². The van der Waals surface area contributed by atoms with Crippen LogP contribution >= 0.6 is 0 Å². The van der Waals surface area contributed by atoms with Gasteiger partial charge < -0.3 is 15.5 Å². The maximum atomic E-state index is 12.8. The Bertz CT molecular complexity index is 889. The van der Waals surface area contributed by atoms with Crippen molar-refractivity contribution in [2.45, 2.75) is 70.5 Å². The summed E-state index contributed by atoms with van der Waals surface area (Å²) in [5.74, 6) is -0.162. The maximum Gasteiger partial charge on any atom is 0.322 e. The lowest BCUT2D eigenvalue weighted by atomic mass is 10.1. The quantitative estimate of drug-likeness (QED) is 0.765. The largest absolute Gasteiger partial charge is 0.348 e. The van der Waals surface area contributed by atoms with Crippen LogP contribution in [-0.2, 0) is 13.0 Å². The molecule has 0 radical (unpaired) electrons. The number of hydrogen-bond acceptors (Lipinski definition) is 4. The first-order chi connectivity index (χ1) is 14.6. The molecule has 0 spiro atoms. The number of nitrogens with zero attached hydrogens (tertiary/aromatic N) is 4. The van der Waals surface area contributed by atoms with E-state index in [0.717, 1.165) is 37.8 Å². The second kappa shape index (κ2) is 9.28. The average Bonchev–Trinajstić information content (AvgIpc) is 3.50. The number of amides is 3. The van der Waals surface area contributed by atoms with Crippen LogP contribution in [0.4, 0.5) is 10.5 Å². The zero-order valence-corrected chi connectivity index (χ0v) is 17.5. The number of aromatic nitrogens is 3. The lowest BCUT2D eigenvalue weighted by molar-refractivity contribution is 0.0932. The first kappa shape index (κ1) is 20.4. The Morgan fingerprint density at radius 2 is 2.00 bits per heavy atom. The Morgan fingerprint density at radius 1 is 1.17 bits per heavy atom. The van der Waals surface area contributed by atoms with Crippen molar-refractivity contribution in [2.24, 2.45) is 0 Å². The average molecular weight is 411 g/mol. The van der Waals surface area contributed by atoms with Gasteiger partial charge in [0.25, 0.3) is 5.91 Å². The normalized spacial score (nSPS) is 19.2. The molecular formula is C22H30N6O2. The van der Waals surface area contributed by atoms with Gasteiger partial charge in [0.2, 0.25) is 0 Å². The monoisotopic (exact) mass is 410 g/mol. The van der Waals surface area contributed by atoms with Gasteiger partial charge in [-0.3, -0.25) is 4.79 Å². The molecule has 0 unspecified atom stereocenters. The number of hydrogen-bond donors (Lipinski definition) is 2. The molecule has 8 heteroatoms. The number of rotatable bonds is 6. The van der Waals surface area contributed by atoms with E-state index in [4.69, 9.17) is 0 Å². The Hall–Kier alpha value is -2.90. The number of likely N-dealkylation sites (tertiary alicyclic amines) is 1. The minimum Gasteiger partial charge on any atom is -0.348 e. The molecule has 1 aromatic heterocycles. The van der Waals surface area contributed by atoms with Gasteiger partial charge in [-0.2, -0.15) is 0 Å². The van der Waals surface area contributed by atoms with Crippen molar-refractivity contribution in [3.63, 3.8) is 0 Å². The Labute approximate surface area is 177 Å². The van der Waals surface area contributed by atoms with Crippen LogP contribution in [0.25, 0.3) is 0 Å². The van der Waals surface area contributed by atoms with E-state index < -0.39 is 0 Å². The van der Waals surface area contributed by atoms with Crippen molar-refractivity contribution in [3.8, 4) is 0 Å². The summed E-state index contributed by atoms with van der Waals surface area (Å²) < 4.78 is 1.68. The fourth-order valence-corrected chi connectivity index (χ4v) is 4.39. The van der Waals surface area contributed by atoms with E-state index in [1.54, 1.807) is 10.9 Å². The highest BCUT2D eigenvalue weighted by molar-refractivity contribution is 5.92. The van der Waals surface area contributed by atoms with E-state index in [9.17, 15) is 9.59 Å². The molecule has 0 bridgehead atoms. The summed E-state index contributed by atoms with van der Waals surface area (Å²) in [5.41, 5.74) is 2.35. The summed E-state index contributed by atoms with van der Waals surface area (Å²) >= 11 is 0. The summed E-state index contributed by atoms with van der Waals surface area (Å²) in [6.45, 7) is 3.34. The summed E-state index contributed by atoms with van der Waals surface area (Å²) in [4.78, 5) is 27.1. The molecule has 1 aliphatic heterocycles. The van der Waals surface area contributed by atoms with E-state index in [0.29, 0.717) is 18.8 Å². The van der Waals surface area contributed by atoms with Gasteiger partial charge in [0, 0.05) is 18.3 Å². The lowest BCUT2D eigenvalue weighted by Crippen LogP contribution is -2.40. The summed E-state index contributed by atoms with van der Waals surface area (Å²) in [6.07, 6.45) is 8.88. The van der Waals surface area contributed by atoms with Gasteiger partial charge in [0.05, 0.1) is 18.8 Å². The first-order valence-corrected chi connectivity index (χ1v) is 11.0. The van der Waals surface area contributed by atoms with Crippen LogP contribution in [0.1, 0.15) is 61.5 Å². The molecule has 160 valence electrons. The van der Waals surface area contributed by atoms with Crippen molar-refractivity contribution < 1.29 is 9.59 Å². The zero-order valence-electron chi connectivity index (χ0n) is 17.5. The van der Waals surface area contributed by atoms with Crippen LogP contribution in [0.2, 0.25) is 0 Å². The van der Waals surface area contributed by atoms with Crippen LogP contribution in [0.15, 0.2) is 30.5 Å². The molecule has 2 heterocycles. The smallest absolute Gasteiger partial charge is 0.322 e. The third-order valence-corrected chi connectivity index (χ3v) is 6.08. The van der Waals surface area contributed by atoms with Crippen molar-refractivity contribution >= 4 is 17.6 Å². The van der Waals surface area contributed by atoms with Crippen molar-refractivity contribution in [1.82, 2.24) is 25.2 Å². The van der Waals surface area contributed by atoms with E-state index >= 15 is 0 Å². The molecule has 2 N–H and O–H groups in total. The van der Waals surface area contributed by atoms with E-state index in [1.165, 1.54) is 18.4 Å². The molecule has 1 atom stereocenters. The van der Waals surface area contributed by atoms with Crippen LogP contribution in [0, 0.1) is 0 Å². The van der Waals surface area contributed by atoms with Gasteiger partial charge in [-0.05, 0) is 49.8 Å². The molecule has 30 heavy (non-hydrogen) atoms. The third kappa shape index (κ3) is 4.80. The van der Waals surface area contributed by atoms with E-state index in [2.05, 4.69) is 33.9 Å². The fraction of sp³-hybridized carbons (Fsp3) is 0.545. The number of anilines is 1. The summed E-state index contributed by atoms with van der Waals surface area (Å²) in [5, 5.41) is 14.2. The zero-order chi connectivity index (χ0) is 20.9. The van der Waals surface area contributed by atoms with Gasteiger partial charge in [-0.25, -0.2) is 9.48 Å². The number of aryl methyl sites for hydroxylation is 1. The van der Waals surface area contributed by atoms with Crippen LogP contribution in [0.3, 0.4) is 0 Å². The number of carbonyl (C=O) groups excluding carboxylic acids is 2. The molecule has 2 aliphatic rings. The van der Waals surface area contributed by atoms with Crippen LogP contribution in [-0.4, -0.2) is 50.5 Å². The number of urea groups is 1. The highest BCUT2D eigenvalue weighted by atomic mass is 16.2. The van der Waals surface area contributed by atoms with Gasteiger partial charge in [0.1, 0.15) is 0 Å². The van der Waals surface area contributed by atoms with Gasteiger partial charge in [-0.1, -0.05) is 37.1 Å². The molecule has 1 saturated heterocycles. The Balaban J connectivity index is 1.35. The molecule has 2 aromatic rings. The highest BCUT2D eigenvalue weighted by Crippen LogP contribution is 2.21. The SMILES string of the molecule is CCc1cccc(NC(=O)N2CCC[C@H]2Cn2cc(C(=O)NC3CCCC3)nn2)c1. The number of nitrogens with one attached hydrogen (secondary N) is 2. The Kier molecular flexibility index (Phi) is 6.30. The fourth-order valence-electron chi connectivity index (χ4n) is 4.39. The van der Waals surface area contributed by atoms with Crippen molar-refractivity contribution in [1.29, 1.82) is 0 Å². The predicted octanol–water partition coefficient (Wildman–Crippen LogP) is 3.21. The predicted molar refractivity (Wildman–Crippen MR) is 114 cm³/mol. The molecule has 3 amide bonds. The molecule has 8 nitrogen and oxygen atoms in total. The number of carbonyl (C=O) groups is 2. The third-order valence-electron chi connectivity index (χ3n) is 6.08. The molecule has 1 aliphatic carbocycles. The van der Waals surface area contributed by atoms with Gasteiger partial charge in [0.15, 0.2) is 5.69 Å². The Morgan fingerprint density at radius 3 is 2.80 bits per heavy atom. The summed E-state index contributed by atoms with van der Waals surface area (Å²) in [6, 6.07) is 8.13. The second-order valence-electron chi connectivity index (χ2n) is 8.25. The second-order valence-corrected chi connectivity index (χ2v) is 8.25. The molecule has 2 fully saturated rings. The van der Waals surface area contributed by atoms with E-state index in [-0.39, 0.29) is 24.0 Å². The highest BCUT2D eigenvalue weighted by Gasteiger charge is 2.30. The molecule has 1 aromatic carbocycles. The number of benzene rings is 1. The maximum absolute atomic E-state index is 12.8. The standard InChI is InChI=1S/C22H30N6O2/c1-2-16-7-5-10-18(13-16)24-22(30)28-12-6-11-19(28)14-27-15-20(25-26-27)21(29)23-17-8-3-4-9-17/h5,7,10,13,15,17,19H,2-4,6,8-9,11-12,14H2,1H3,(H,23,29)(H,24,30)/t19-/m0/s1. The van der Waals surface area contributed by atoms with Crippen molar-refractivity contribution in [2.75, 3.05) is 11.9 Å². The van der Waals surface area contributed by atoms with Crippen molar-refractivity contribution in [3.05, 3.63) is 41.7 Å².